The van der Waals surface area contributed by atoms with Gasteiger partial charge in [-0.3, -0.25) is 4.79 Å². The van der Waals surface area contributed by atoms with E-state index in [9.17, 15) is 4.79 Å². The summed E-state index contributed by atoms with van der Waals surface area (Å²) in [6.07, 6.45) is 4.10. The Labute approximate surface area is 122 Å². The van der Waals surface area contributed by atoms with Crippen LogP contribution in [-0.4, -0.2) is 30.0 Å². The van der Waals surface area contributed by atoms with E-state index in [1.54, 1.807) is 11.3 Å². The average Bonchev–Trinajstić information content (AvgIpc) is 3.16. The Hall–Kier alpha value is -1.88. The minimum Gasteiger partial charge on any atom is -0.350 e. The van der Waals surface area contributed by atoms with Crippen LogP contribution >= 0.6 is 11.3 Å². The van der Waals surface area contributed by atoms with E-state index in [2.05, 4.69) is 15.2 Å². The van der Waals surface area contributed by atoms with Crippen molar-refractivity contribution in [3.63, 3.8) is 0 Å². The second-order valence-electron chi connectivity index (χ2n) is 4.88. The molecule has 1 aliphatic heterocycles. The van der Waals surface area contributed by atoms with Crippen LogP contribution in [-0.2, 0) is 0 Å². The quantitative estimate of drug-likeness (QED) is 0.940. The van der Waals surface area contributed by atoms with E-state index in [4.69, 9.17) is 0 Å². The van der Waals surface area contributed by atoms with Crippen LogP contribution in [0.3, 0.4) is 0 Å². The fourth-order valence-electron chi connectivity index (χ4n) is 2.56. The number of hydrogen-bond acceptors (Lipinski definition) is 4. The molecule has 1 atom stereocenters. The van der Waals surface area contributed by atoms with Gasteiger partial charge in [-0.25, -0.2) is 4.98 Å². The zero-order valence-electron chi connectivity index (χ0n) is 11.2. The summed E-state index contributed by atoms with van der Waals surface area (Å²) in [5, 5.41) is 6.08. The Balaban J connectivity index is 1.59. The Morgan fingerprint density at radius 3 is 3.00 bits per heavy atom. The SMILES string of the molecule is O=C(NC[C@H]1CCCN1c1nccs1)c1ccccc1. The first-order valence-electron chi connectivity index (χ1n) is 6.84. The maximum Gasteiger partial charge on any atom is 0.251 e. The molecule has 1 amide bonds. The number of aromatic nitrogens is 1. The van der Waals surface area contributed by atoms with Gasteiger partial charge in [-0.1, -0.05) is 18.2 Å². The summed E-state index contributed by atoms with van der Waals surface area (Å²) in [6.45, 7) is 1.70. The number of nitrogens with one attached hydrogen (secondary N) is 1. The van der Waals surface area contributed by atoms with Crippen molar-refractivity contribution in [2.75, 3.05) is 18.0 Å². The molecule has 0 spiro atoms. The molecule has 4 nitrogen and oxygen atoms in total. The molecule has 1 aromatic heterocycles. The molecule has 3 rings (SSSR count). The Kier molecular flexibility index (Phi) is 3.97. The molecule has 5 heteroatoms. The largest absolute Gasteiger partial charge is 0.350 e. The van der Waals surface area contributed by atoms with Gasteiger partial charge in [-0.2, -0.15) is 0 Å². The van der Waals surface area contributed by atoms with E-state index in [0.717, 1.165) is 24.5 Å². The highest BCUT2D eigenvalue weighted by Gasteiger charge is 2.26. The van der Waals surface area contributed by atoms with Crippen molar-refractivity contribution in [3.8, 4) is 0 Å². The number of carbonyl (C=O) groups is 1. The maximum absolute atomic E-state index is 12.1. The van der Waals surface area contributed by atoms with E-state index in [1.165, 1.54) is 0 Å². The number of hydrogen-bond donors (Lipinski definition) is 1. The summed E-state index contributed by atoms with van der Waals surface area (Å²) >= 11 is 1.66. The van der Waals surface area contributed by atoms with E-state index in [0.29, 0.717) is 18.2 Å². The third-order valence-corrected chi connectivity index (χ3v) is 4.38. The lowest BCUT2D eigenvalue weighted by atomic mass is 10.2. The summed E-state index contributed by atoms with van der Waals surface area (Å²) in [4.78, 5) is 18.7. The molecule has 1 N–H and O–H groups in total. The zero-order valence-corrected chi connectivity index (χ0v) is 12.0. The van der Waals surface area contributed by atoms with Crippen molar-refractivity contribution < 1.29 is 4.79 Å². The topological polar surface area (TPSA) is 45.2 Å². The average molecular weight is 287 g/mol. The van der Waals surface area contributed by atoms with Crippen LogP contribution in [0.1, 0.15) is 23.2 Å². The molecule has 1 saturated heterocycles. The van der Waals surface area contributed by atoms with Gasteiger partial charge in [-0.05, 0) is 25.0 Å². The molecule has 0 radical (unpaired) electrons. The van der Waals surface area contributed by atoms with Crippen LogP contribution < -0.4 is 10.2 Å². The highest BCUT2D eigenvalue weighted by atomic mass is 32.1. The molecule has 0 unspecified atom stereocenters. The highest BCUT2D eigenvalue weighted by molar-refractivity contribution is 7.13. The first-order chi connectivity index (χ1) is 9.84. The molecule has 2 aromatic rings. The van der Waals surface area contributed by atoms with Gasteiger partial charge in [0.05, 0.1) is 0 Å². The molecule has 2 heterocycles. The van der Waals surface area contributed by atoms with Crippen LogP contribution in [0.15, 0.2) is 41.9 Å². The molecule has 0 bridgehead atoms. The lowest BCUT2D eigenvalue weighted by Crippen LogP contribution is -2.40. The van der Waals surface area contributed by atoms with Crippen molar-refractivity contribution in [1.29, 1.82) is 0 Å². The summed E-state index contributed by atoms with van der Waals surface area (Å²) in [5.41, 5.74) is 0.714. The molecule has 1 aromatic carbocycles. The highest BCUT2D eigenvalue weighted by Crippen LogP contribution is 2.26. The summed E-state index contributed by atoms with van der Waals surface area (Å²) < 4.78 is 0. The summed E-state index contributed by atoms with van der Waals surface area (Å²) in [6, 6.07) is 9.70. The van der Waals surface area contributed by atoms with Gasteiger partial charge in [0.25, 0.3) is 5.91 Å². The van der Waals surface area contributed by atoms with Crippen molar-refractivity contribution in [3.05, 3.63) is 47.5 Å². The number of rotatable bonds is 4. The number of nitrogens with zero attached hydrogens (tertiary/aromatic N) is 2. The van der Waals surface area contributed by atoms with Gasteiger partial charge < -0.3 is 10.2 Å². The molecular formula is C15H17N3OS. The van der Waals surface area contributed by atoms with Gasteiger partial charge in [0.2, 0.25) is 0 Å². The van der Waals surface area contributed by atoms with Crippen LogP contribution in [0.25, 0.3) is 0 Å². The van der Waals surface area contributed by atoms with Gasteiger partial charge in [0.1, 0.15) is 0 Å². The number of benzene rings is 1. The predicted molar refractivity (Wildman–Crippen MR) is 81.3 cm³/mol. The van der Waals surface area contributed by atoms with Crippen LogP contribution in [0.5, 0.6) is 0 Å². The van der Waals surface area contributed by atoms with Crippen LogP contribution in [0.2, 0.25) is 0 Å². The van der Waals surface area contributed by atoms with E-state index in [1.807, 2.05) is 41.9 Å². The number of thiazole rings is 1. The third-order valence-electron chi connectivity index (χ3n) is 3.58. The lowest BCUT2D eigenvalue weighted by molar-refractivity contribution is 0.0951. The second kappa shape index (κ2) is 6.05. The second-order valence-corrected chi connectivity index (χ2v) is 5.75. The number of anilines is 1. The predicted octanol–water partition coefficient (Wildman–Crippen LogP) is 2.54. The fraction of sp³-hybridized carbons (Fsp3) is 0.333. The van der Waals surface area contributed by atoms with Crippen molar-refractivity contribution in [1.82, 2.24) is 10.3 Å². The third kappa shape index (κ3) is 2.82. The van der Waals surface area contributed by atoms with Gasteiger partial charge >= 0.3 is 0 Å². The van der Waals surface area contributed by atoms with Crippen molar-refractivity contribution in [2.24, 2.45) is 0 Å². The normalized spacial score (nSPS) is 18.2. The molecule has 0 saturated carbocycles. The minimum absolute atomic E-state index is 0.00316. The van der Waals surface area contributed by atoms with Crippen LogP contribution in [0.4, 0.5) is 5.13 Å². The fourth-order valence-corrected chi connectivity index (χ4v) is 3.30. The zero-order chi connectivity index (χ0) is 13.8. The van der Waals surface area contributed by atoms with E-state index in [-0.39, 0.29) is 5.91 Å². The lowest BCUT2D eigenvalue weighted by Gasteiger charge is -2.24. The first kappa shape index (κ1) is 13.1. The van der Waals surface area contributed by atoms with Crippen molar-refractivity contribution >= 4 is 22.4 Å². The molecule has 1 aliphatic rings. The molecule has 0 aliphatic carbocycles. The van der Waals surface area contributed by atoms with Crippen molar-refractivity contribution in [2.45, 2.75) is 18.9 Å². The van der Waals surface area contributed by atoms with Gasteiger partial charge in [-0.15, -0.1) is 11.3 Å². The molecular weight excluding hydrogens is 270 g/mol. The van der Waals surface area contributed by atoms with E-state index < -0.39 is 0 Å². The Bertz CT molecular complexity index is 556. The molecule has 104 valence electrons. The standard InChI is InChI=1S/C15H17N3OS/c19-14(12-5-2-1-3-6-12)17-11-13-7-4-9-18(13)15-16-8-10-20-15/h1-3,5-6,8,10,13H,4,7,9,11H2,(H,17,19)/t13-/m1/s1. The summed E-state index contributed by atoms with van der Waals surface area (Å²) in [5.74, 6) is -0.00316. The number of carbonyl (C=O) groups excluding carboxylic acids is 1. The molecule has 1 fully saturated rings. The number of amides is 1. The Morgan fingerprint density at radius 1 is 1.40 bits per heavy atom. The first-order valence-corrected chi connectivity index (χ1v) is 7.72. The van der Waals surface area contributed by atoms with Gasteiger partial charge in [0, 0.05) is 36.3 Å². The van der Waals surface area contributed by atoms with Crippen LogP contribution in [0, 0.1) is 0 Å². The smallest absolute Gasteiger partial charge is 0.251 e. The summed E-state index contributed by atoms with van der Waals surface area (Å²) in [7, 11) is 0. The van der Waals surface area contributed by atoms with E-state index >= 15 is 0 Å². The molecule has 20 heavy (non-hydrogen) atoms. The van der Waals surface area contributed by atoms with Gasteiger partial charge in [0.15, 0.2) is 5.13 Å². The minimum atomic E-state index is -0.00316. The monoisotopic (exact) mass is 287 g/mol. The Morgan fingerprint density at radius 2 is 2.25 bits per heavy atom. The maximum atomic E-state index is 12.1.